The summed E-state index contributed by atoms with van der Waals surface area (Å²) in [6, 6.07) is 3.32. The van der Waals surface area contributed by atoms with E-state index >= 15 is 0 Å². The van der Waals surface area contributed by atoms with Gasteiger partial charge in [-0.05, 0) is 43.9 Å². The molecule has 3 rings (SSSR count). The highest BCUT2D eigenvalue weighted by Gasteiger charge is 2.36. The highest BCUT2D eigenvalue weighted by molar-refractivity contribution is 7.92. The zero-order chi connectivity index (χ0) is 15.9. The molecule has 2 saturated carbocycles. The molecule has 1 aromatic rings. The molecule has 0 spiro atoms. The number of anilines is 2. The molecule has 1 aromatic carbocycles. The van der Waals surface area contributed by atoms with Crippen LogP contribution in [0.2, 0.25) is 0 Å². The van der Waals surface area contributed by atoms with Gasteiger partial charge in [0.2, 0.25) is 10.0 Å². The van der Waals surface area contributed by atoms with Crippen LogP contribution in [0.15, 0.2) is 18.2 Å². The summed E-state index contributed by atoms with van der Waals surface area (Å²) in [6.07, 6.45) is 4.50. The Kier molecular flexibility index (Phi) is 3.72. The molecular weight excluding hydrogens is 309 g/mol. The van der Waals surface area contributed by atoms with Gasteiger partial charge >= 0.3 is 6.03 Å². The maximum absolute atomic E-state index is 13.5. The Balaban J connectivity index is 1.90. The summed E-state index contributed by atoms with van der Waals surface area (Å²) >= 11 is 0. The molecule has 0 unspecified atom stereocenters. The molecule has 0 aromatic heterocycles. The van der Waals surface area contributed by atoms with Gasteiger partial charge in [-0.2, -0.15) is 0 Å². The van der Waals surface area contributed by atoms with E-state index in [0.29, 0.717) is 5.69 Å². The van der Waals surface area contributed by atoms with E-state index in [2.05, 4.69) is 10.6 Å². The van der Waals surface area contributed by atoms with E-state index in [1.54, 1.807) is 0 Å². The van der Waals surface area contributed by atoms with E-state index in [0.717, 1.165) is 38.0 Å². The van der Waals surface area contributed by atoms with E-state index in [4.69, 9.17) is 0 Å². The Bertz CT molecular complexity index is 699. The molecular formula is C14H18FN3O3S. The van der Waals surface area contributed by atoms with E-state index in [-0.39, 0.29) is 17.8 Å². The zero-order valence-electron chi connectivity index (χ0n) is 12.2. The predicted molar refractivity (Wildman–Crippen MR) is 81.9 cm³/mol. The molecule has 6 nitrogen and oxygen atoms in total. The molecule has 2 aliphatic rings. The van der Waals surface area contributed by atoms with Gasteiger partial charge in [-0.25, -0.2) is 17.6 Å². The van der Waals surface area contributed by atoms with E-state index in [1.807, 2.05) is 0 Å². The normalized spacial score (nSPS) is 17.9. The minimum absolute atomic E-state index is 0.118. The van der Waals surface area contributed by atoms with Crippen molar-refractivity contribution in [3.05, 3.63) is 24.0 Å². The van der Waals surface area contributed by atoms with E-state index in [9.17, 15) is 17.6 Å². The number of benzene rings is 1. The van der Waals surface area contributed by atoms with Crippen molar-refractivity contribution in [2.45, 2.75) is 37.8 Å². The van der Waals surface area contributed by atoms with Crippen molar-refractivity contribution in [2.24, 2.45) is 0 Å². The molecule has 0 saturated heterocycles. The second kappa shape index (κ2) is 5.42. The lowest BCUT2D eigenvalue weighted by atomic mass is 10.2. The summed E-state index contributed by atoms with van der Waals surface area (Å²) in [5.74, 6) is -0.533. The van der Waals surface area contributed by atoms with Gasteiger partial charge < -0.3 is 10.6 Å². The molecule has 8 heteroatoms. The van der Waals surface area contributed by atoms with Crippen LogP contribution < -0.4 is 14.9 Å². The number of hydrogen-bond donors (Lipinski definition) is 2. The summed E-state index contributed by atoms with van der Waals surface area (Å²) in [4.78, 5) is 11.9. The first-order valence-electron chi connectivity index (χ1n) is 7.21. The van der Waals surface area contributed by atoms with Crippen molar-refractivity contribution in [3.8, 4) is 0 Å². The molecule has 0 heterocycles. The minimum Gasteiger partial charge on any atom is -0.335 e. The summed E-state index contributed by atoms with van der Waals surface area (Å²) in [6.45, 7) is 0. The summed E-state index contributed by atoms with van der Waals surface area (Å²) < 4.78 is 38.8. The highest BCUT2D eigenvalue weighted by atomic mass is 32.2. The molecule has 0 atom stereocenters. The molecule has 2 N–H and O–H groups in total. The van der Waals surface area contributed by atoms with Crippen LogP contribution in [-0.2, 0) is 10.0 Å². The van der Waals surface area contributed by atoms with Gasteiger partial charge in [0, 0.05) is 12.1 Å². The molecule has 22 heavy (non-hydrogen) atoms. The number of nitrogens with one attached hydrogen (secondary N) is 2. The molecule has 0 aliphatic heterocycles. The number of urea groups is 1. The second-order valence-corrected chi connectivity index (χ2v) is 7.68. The number of carbonyl (C=O) groups is 1. The summed E-state index contributed by atoms with van der Waals surface area (Å²) in [7, 11) is -3.50. The number of nitrogens with zero attached hydrogens (tertiary/aromatic N) is 1. The Labute approximate surface area is 128 Å². The lowest BCUT2D eigenvalue weighted by Gasteiger charge is -2.25. The third kappa shape index (κ3) is 3.49. The average molecular weight is 327 g/mol. The average Bonchev–Trinajstić information content (AvgIpc) is 3.25. The van der Waals surface area contributed by atoms with Gasteiger partial charge in [-0.1, -0.05) is 0 Å². The summed E-state index contributed by atoms with van der Waals surface area (Å²) in [5.41, 5.74) is 0.466. The van der Waals surface area contributed by atoms with Crippen LogP contribution >= 0.6 is 0 Å². The van der Waals surface area contributed by atoms with Crippen molar-refractivity contribution in [1.82, 2.24) is 5.32 Å². The van der Waals surface area contributed by atoms with Crippen LogP contribution in [-0.4, -0.2) is 32.8 Å². The third-order valence-electron chi connectivity index (χ3n) is 3.59. The molecule has 2 fully saturated rings. The first-order valence-corrected chi connectivity index (χ1v) is 9.06. The van der Waals surface area contributed by atoms with Gasteiger partial charge in [-0.15, -0.1) is 0 Å². The number of carbonyl (C=O) groups excluding carboxylic acids is 1. The number of sulfonamides is 1. The van der Waals surface area contributed by atoms with Crippen molar-refractivity contribution in [2.75, 3.05) is 15.9 Å². The highest BCUT2D eigenvalue weighted by Crippen LogP contribution is 2.38. The fourth-order valence-electron chi connectivity index (χ4n) is 2.33. The third-order valence-corrected chi connectivity index (χ3v) is 4.80. The maximum Gasteiger partial charge on any atom is 0.319 e. The van der Waals surface area contributed by atoms with Crippen molar-refractivity contribution >= 4 is 27.4 Å². The van der Waals surface area contributed by atoms with Gasteiger partial charge in [0.1, 0.15) is 5.82 Å². The lowest BCUT2D eigenvalue weighted by molar-refractivity contribution is 0.251. The Morgan fingerprint density at radius 1 is 1.27 bits per heavy atom. The molecule has 2 aliphatic carbocycles. The standard InChI is InChI=1S/C14H18FN3O3S/c1-22(20,21)18(11-5-6-11)13-7-2-9(15)8-12(13)17-14(19)16-10-3-4-10/h2,7-8,10-11H,3-6H2,1H3,(H2,16,17,19). The SMILES string of the molecule is CS(=O)(=O)N(c1ccc(F)cc1NC(=O)NC1CC1)C1CC1. The number of halogens is 1. The smallest absolute Gasteiger partial charge is 0.319 e. The predicted octanol–water partition coefficient (Wildman–Crippen LogP) is 2.04. The zero-order valence-corrected chi connectivity index (χ0v) is 13.0. The first-order chi connectivity index (χ1) is 10.3. The van der Waals surface area contributed by atoms with Crippen LogP contribution in [0.1, 0.15) is 25.7 Å². The first kappa shape index (κ1) is 15.1. The molecule has 0 bridgehead atoms. The van der Waals surface area contributed by atoms with Gasteiger partial charge in [0.05, 0.1) is 17.6 Å². The van der Waals surface area contributed by atoms with Crippen LogP contribution in [0.3, 0.4) is 0 Å². The van der Waals surface area contributed by atoms with Gasteiger partial charge in [0.25, 0.3) is 0 Å². The van der Waals surface area contributed by atoms with Crippen LogP contribution in [0.4, 0.5) is 20.6 Å². The molecule has 120 valence electrons. The van der Waals surface area contributed by atoms with Gasteiger partial charge in [0.15, 0.2) is 0 Å². The quantitative estimate of drug-likeness (QED) is 0.868. The summed E-state index contributed by atoms with van der Waals surface area (Å²) in [5, 5.41) is 5.29. The van der Waals surface area contributed by atoms with Crippen LogP contribution in [0, 0.1) is 5.82 Å². The van der Waals surface area contributed by atoms with Crippen LogP contribution in [0.25, 0.3) is 0 Å². The van der Waals surface area contributed by atoms with Crippen molar-refractivity contribution < 1.29 is 17.6 Å². The fourth-order valence-corrected chi connectivity index (χ4v) is 3.60. The maximum atomic E-state index is 13.5. The van der Waals surface area contributed by atoms with Gasteiger partial charge in [-0.3, -0.25) is 4.31 Å². The lowest BCUT2D eigenvalue weighted by Crippen LogP contribution is -2.35. The largest absolute Gasteiger partial charge is 0.335 e. The number of hydrogen-bond acceptors (Lipinski definition) is 3. The second-order valence-electron chi connectivity index (χ2n) is 5.82. The van der Waals surface area contributed by atoms with E-state index in [1.165, 1.54) is 16.4 Å². The van der Waals surface area contributed by atoms with Crippen molar-refractivity contribution in [1.29, 1.82) is 0 Å². The Hall–Kier alpha value is -1.83. The van der Waals surface area contributed by atoms with Crippen molar-refractivity contribution in [3.63, 3.8) is 0 Å². The fraction of sp³-hybridized carbons (Fsp3) is 0.500. The number of amides is 2. The number of rotatable bonds is 5. The minimum atomic E-state index is -3.50. The molecule has 0 radical (unpaired) electrons. The Morgan fingerprint density at radius 3 is 2.50 bits per heavy atom. The van der Waals surface area contributed by atoms with Crippen LogP contribution in [0.5, 0.6) is 0 Å². The molecule has 2 amide bonds. The topological polar surface area (TPSA) is 78.5 Å². The Morgan fingerprint density at radius 2 is 1.95 bits per heavy atom. The van der Waals surface area contributed by atoms with E-state index < -0.39 is 21.9 Å². The monoisotopic (exact) mass is 327 g/mol.